The zero-order valence-corrected chi connectivity index (χ0v) is 14.6. The molecule has 1 fully saturated rings. The maximum absolute atomic E-state index is 12.6. The van der Waals surface area contributed by atoms with E-state index in [4.69, 9.17) is 5.73 Å². The molecule has 1 unspecified atom stereocenters. The third-order valence-corrected chi connectivity index (χ3v) is 4.04. The van der Waals surface area contributed by atoms with Crippen LogP contribution >= 0.6 is 12.4 Å². The molecule has 2 amide bonds. The summed E-state index contributed by atoms with van der Waals surface area (Å²) in [6.07, 6.45) is 0.797. The van der Waals surface area contributed by atoms with Crippen molar-refractivity contribution in [2.75, 3.05) is 26.2 Å². The van der Waals surface area contributed by atoms with Crippen molar-refractivity contribution in [3.05, 3.63) is 35.9 Å². The number of amides is 2. The van der Waals surface area contributed by atoms with Crippen LogP contribution in [0.15, 0.2) is 30.3 Å². The van der Waals surface area contributed by atoms with E-state index in [9.17, 15) is 9.59 Å². The summed E-state index contributed by atoms with van der Waals surface area (Å²) < 4.78 is 0. The van der Waals surface area contributed by atoms with Gasteiger partial charge in [0.05, 0.1) is 0 Å². The topological polar surface area (TPSA) is 66.6 Å². The molecule has 0 aromatic heterocycles. The lowest BCUT2D eigenvalue weighted by atomic mass is 10.1. The van der Waals surface area contributed by atoms with Gasteiger partial charge in [-0.15, -0.1) is 12.4 Å². The number of nitrogens with zero attached hydrogens (tertiary/aromatic N) is 2. The SMILES string of the molecule is CC(C)C(=O)N1CCCN(C(=O)C(N)c2ccccc2)CC1.Cl. The molecule has 0 saturated carbocycles. The number of hydrogen-bond acceptors (Lipinski definition) is 3. The van der Waals surface area contributed by atoms with Crippen molar-refractivity contribution < 1.29 is 9.59 Å². The average molecular weight is 340 g/mol. The highest BCUT2D eigenvalue weighted by Gasteiger charge is 2.26. The van der Waals surface area contributed by atoms with E-state index in [1.165, 1.54) is 0 Å². The number of rotatable bonds is 3. The monoisotopic (exact) mass is 339 g/mol. The van der Waals surface area contributed by atoms with Gasteiger partial charge in [0.2, 0.25) is 11.8 Å². The van der Waals surface area contributed by atoms with Crippen molar-refractivity contribution in [2.24, 2.45) is 11.7 Å². The molecule has 1 saturated heterocycles. The van der Waals surface area contributed by atoms with Gasteiger partial charge in [0.25, 0.3) is 0 Å². The second-order valence-electron chi connectivity index (χ2n) is 6.05. The number of halogens is 1. The van der Waals surface area contributed by atoms with Gasteiger partial charge in [-0.1, -0.05) is 44.2 Å². The number of carbonyl (C=O) groups excluding carboxylic acids is 2. The quantitative estimate of drug-likeness (QED) is 0.913. The predicted molar refractivity (Wildman–Crippen MR) is 93.2 cm³/mol. The van der Waals surface area contributed by atoms with Gasteiger partial charge >= 0.3 is 0 Å². The molecular weight excluding hydrogens is 314 g/mol. The van der Waals surface area contributed by atoms with Gasteiger partial charge in [-0.05, 0) is 12.0 Å². The van der Waals surface area contributed by atoms with Crippen LogP contribution in [0.3, 0.4) is 0 Å². The Morgan fingerprint density at radius 2 is 1.48 bits per heavy atom. The Morgan fingerprint density at radius 3 is 2.00 bits per heavy atom. The Bertz CT molecular complexity index is 522. The van der Waals surface area contributed by atoms with Crippen molar-refractivity contribution in [1.29, 1.82) is 0 Å². The molecule has 1 heterocycles. The first-order valence-corrected chi connectivity index (χ1v) is 7.89. The molecule has 1 aromatic carbocycles. The largest absolute Gasteiger partial charge is 0.341 e. The molecule has 23 heavy (non-hydrogen) atoms. The van der Waals surface area contributed by atoms with Crippen molar-refractivity contribution >= 4 is 24.2 Å². The Morgan fingerprint density at radius 1 is 0.957 bits per heavy atom. The summed E-state index contributed by atoms with van der Waals surface area (Å²) in [7, 11) is 0. The highest BCUT2D eigenvalue weighted by Crippen LogP contribution is 2.15. The van der Waals surface area contributed by atoms with E-state index < -0.39 is 6.04 Å². The summed E-state index contributed by atoms with van der Waals surface area (Å²) in [4.78, 5) is 28.3. The fraction of sp³-hybridized carbons (Fsp3) is 0.529. The van der Waals surface area contributed by atoms with E-state index in [0.29, 0.717) is 26.2 Å². The summed E-state index contributed by atoms with van der Waals surface area (Å²) >= 11 is 0. The fourth-order valence-electron chi connectivity index (χ4n) is 2.72. The fourth-order valence-corrected chi connectivity index (χ4v) is 2.72. The standard InChI is InChI=1S/C17H25N3O2.ClH/c1-13(2)16(21)19-9-6-10-20(12-11-19)17(22)15(18)14-7-4-3-5-8-14;/h3-5,7-8,13,15H,6,9-12,18H2,1-2H3;1H. The smallest absolute Gasteiger partial charge is 0.244 e. The molecule has 0 aliphatic carbocycles. The summed E-state index contributed by atoms with van der Waals surface area (Å²) in [5.74, 6) is 0.0838. The molecule has 1 aliphatic heterocycles. The molecular formula is C17H26ClN3O2. The van der Waals surface area contributed by atoms with Crippen LogP contribution in [0.5, 0.6) is 0 Å². The van der Waals surface area contributed by atoms with Crippen LogP contribution < -0.4 is 5.73 Å². The first kappa shape index (κ1) is 19.5. The van der Waals surface area contributed by atoms with Gasteiger partial charge in [0.15, 0.2) is 0 Å². The minimum Gasteiger partial charge on any atom is -0.341 e. The Labute approximate surface area is 144 Å². The van der Waals surface area contributed by atoms with Crippen LogP contribution in [0.1, 0.15) is 31.9 Å². The zero-order chi connectivity index (χ0) is 16.1. The molecule has 6 heteroatoms. The Hall–Kier alpha value is -1.59. The summed E-state index contributed by atoms with van der Waals surface area (Å²) in [6.45, 7) is 6.31. The second kappa shape index (κ2) is 8.89. The third-order valence-electron chi connectivity index (χ3n) is 4.04. The molecule has 5 nitrogen and oxygen atoms in total. The molecule has 0 radical (unpaired) electrons. The van der Waals surface area contributed by atoms with Gasteiger partial charge in [-0.25, -0.2) is 0 Å². The first-order chi connectivity index (χ1) is 10.5. The second-order valence-corrected chi connectivity index (χ2v) is 6.05. The van der Waals surface area contributed by atoms with Crippen LogP contribution in [-0.4, -0.2) is 47.8 Å². The molecule has 128 valence electrons. The Balaban J connectivity index is 0.00000264. The molecule has 1 atom stereocenters. The first-order valence-electron chi connectivity index (χ1n) is 7.89. The van der Waals surface area contributed by atoms with Crippen LogP contribution in [0, 0.1) is 5.92 Å². The molecule has 1 aliphatic rings. The molecule has 2 rings (SSSR count). The third kappa shape index (κ3) is 4.94. The number of hydrogen-bond donors (Lipinski definition) is 1. The number of nitrogens with two attached hydrogens (primary N) is 1. The number of benzene rings is 1. The molecule has 0 bridgehead atoms. The van der Waals surface area contributed by atoms with E-state index in [1.807, 2.05) is 49.1 Å². The van der Waals surface area contributed by atoms with Crippen LogP contribution in [0.4, 0.5) is 0 Å². The van der Waals surface area contributed by atoms with Gasteiger partial charge in [0.1, 0.15) is 6.04 Å². The van der Waals surface area contributed by atoms with Crippen LogP contribution in [-0.2, 0) is 9.59 Å². The normalized spacial score (nSPS) is 16.5. The van der Waals surface area contributed by atoms with Gasteiger partial charge < -0.3 is 15.5 Å². The highest BCUT2D eigenvalue weighted by molar-refractivity contribution is 5.85. The summed E-state index contributed by atoms with van der Waals surface area (Å²) in [5.41, 5.74) is 6.92. The maximum atomic E-state index is 12.6. The van der Waals surface area contributed by atoms with Crippen LogP contribution in [0.2, 0.25) is 0 Å². The van der Waals surface area contributed by atoms with E-state index >= 15 is 0 Å². The minimum atomic E-state index is -0.631. The van der Waals surface area contributed by atoms with Crippen molar-refractivity contribution in [3.63, 3.8) is 0 Å². The van der Waals surface area contributed by atoms with Crippen molar-refractivity contribution in [2.45, 2.75) is 26.3 Å². The lowest BCUT2D eigenvalue weighted by molar-refractivity contribution is -0.136. The van der Waals surface area contributed by atoms with Crippen molar-refractivity contribution in [1.82, 2.24) is 9.80 Å². The van der Waals surface area contributed by atoms with E-state index in [2.05, 4.69) is 0 Å². The van der Waals surface area contributed by atoms with E-state index in [-0.39, 0.29) is 30.1 Å². The van der Waals surface area contributed by atoms with E-state index in [1.54, 1.807) is 4.90 Å². The molecule has 0 spiro atoms. The lowest BCUT2D eigenvalue weighted by Crippen LogP contribution is -2.42. The van der Waals surface area contributed by atoms with Gasteiger partial charge in [-0.3, -0.25) is 9.59 Å². The lowest BCUT2D eigenvalue weighted by Gasteiger charge is -2.25. The molecule has 2 N–H and O–H groups in total. The highest BCUT2D eigenvalue weighted by atomic mass is 35.5. The van der Waals surface area contributed by atoms with Crippen molar-refractivity contribution in [3.8, 4) is 0 Å². The van der Waals surface area contributed by atoms with Crippen LogP contribution in [0.25, 0.3) is 0 Å². The maximum Gasteiger partial charge on any atom is 0.244 e. The number of carbonyl (C=O) groups is 2. The zero-order valence-electron chi connectivity index (χ0n) is 13.8. The van der Waals surface area contributed by atoms with Gasteiger partial charge in [-0.2, -0.15) is 0 Å². The molecule has 1 aromatic rings. The van der Waals surface area contributed by atoms with Gasteiger partial charge in [0, 0.05) is 32.1 Å². The predicted octanol–water partition coefficient (Wildman–Crippen LogP) is 1.83. The minimum absolute atomic E-state index is 0. The Kier molecular flexibility index (Phi) is 7.52. The van der Waals surface area contributed by atoms with E-state index in [0.717, 1.165) is 12.0 Å². The summed E-state index contributed by atoms with van der Waals surface area (Å²) in [6, 6.07) is 8.78. The summed E-state index contributed by atoms with van der Waals surface area (Å²) in [5, 5.41) is 0. The average Bonchev–Trinajstić information content (AvgIpc) is 2.79.